The van der Waals surface area contributed by atoms with Gasteiger partial charge < -0.3 is 18.3 Å². The lowest BCUT2D eigenvalue weighted by molar-refractivity contribution is 0.620. The molecule has 3 aromatic heterocycles. The summed E-state index contributed by atoms with van der Waals surface area (Å²) in [5.74, 6) is 0.600. The number of nitrogens with zero attached hydrogens (tertiary/aromatic N) is 3. The summed E-state index contributed by atoms with van der Waals surface area (Å²) in [7, 11) is 0. The first-order valence-electron chi connectivity index (χ1n) is 16.0. The topological polar surface area (TPSA) is 47.3 Å². The Morgan fingerprint density at radius 2 is 1.08 bits per heavy atom. The Hall–Kier alpha value is -6.59. The van der Waals surface area contributed by atoms with E-state index in [1.165, 1.54) is 21.8 Å². The van der Waals surface area contributed by atoms with Gasteiger partial charge in [-0.2, -0.15) is 0 Å². The normalized spacial score (nSPS) is 11.8. The summed E-state index contributed by atoms with van der Waals surface area (Å²) in [4.78, 5) is 7.07. The fourth-order valence-corrected chi connectivity index (χ4v) is 7.01. The van der Waals surface area contributed by atoms with E-state index in [9.17, 15) is 0 Å². The lowest BCUT2D eigenvalue weighted by Crippen LogP contribution is -2.09. The minimum absolute atomic E-state index is 0.600. The number of fused-ring (bicyclic) bond motifs is 7. The predicted molar refractivity (Wildman–Crippen MR) is 196 cm³/mol. The van der Waals surface area contributed by atoms with Gasteiger partial charge in [0.25, 0.3) is 0 Å². The number of anilines is 3. The lowest BCUT2D eigenvalue weighted by Gasteiger charge is -2.25. The Morgan fingerprint density at radius 1 is 0.438 bits per heavy atom. The first-order chi connectivity index (χ1) is 23.8. The van der Waals surface area contributed by atoms with Crippen molar-refractivity contribution < 1.29 is 8.83 Å². The lowest BCUT2D eigenvalue weighted by atomic mass is 10.1. The Kier molecular flexibility index (Phi) is 5.81. The maximum Gasteiger partial charge on any atom is 0.227 e. The number of rotatable bonds is 5. The number of benzene rings is 7. The SMILES string of the molecule is c1ccc(-c2nc3cc4oc5ccc(N(c6ccccc6)c6ccc7c(c6)c6ccccc6n7-c6ccccc6)cc5c4cc3o2)cc1. The third kappa shape index (κ3) is 4.15. The highest BCUT2D eigenvalue weighted by Gasteiger charge is 2.19. The fourth-order valence-electron chi connectivity index (χ4n) is 7.01. The highest BCUT2D eigenvalue weighted by molar-refractivity contribution is 6.12. The van der Waals surface area contributed by atoms with Gasteiger partial charge >= 0.3 is 0 Å². The van der Waals surface area contributed by atoms with Gasteiger partial charge in [0.05, 0.1) is 11.0 Å². The van der Waals surface area contributed by atoms with Crippen molar-refractivity contribution in [3.63, 3.8) is 0 Å². The molecule has 10 rings (SSSR count). The smallest absolute Gasteiger partial charge is 0.227 e. The maximum atomic E-state index is 6.37. The molecule has 0 radical (unpaired) electrons. The van der Waals surface area contributed by atoms with Crippen molar-refractivity contribution in [3.8, 4) is 17.1 Å². The van der Waals surface area contributed by atoms with Crippen molar-refractivity contribution in [1.82, 2.24) is 9.55 Å². The first kappa shape index (κ1) is 26.6. The van der Waals surface area contributed by atoms with Gasteiger partial charge in [-0.05, 0) is 84.9 Å². The highest BCUT2D eigenvalue weighted by atomic mass is 16.4. The third-order valence-electron chi connectivity index (χ3n) is 9.19. The molecular formula is C43H27N3O2. The molecule has 0 aliphatic carbocycles. The van der Waals surface area contributed by atoms with Crippen LogP contribution in [0.5, 0.6) is 0 Å². The molecule has 5 nitrogen and oxygen atoms in total. The molecular weight excluding hydrogens is 590 g/mol. The predicted octanol–water partition coefficient (Wildman–Crippen LogP) is 12.0. The molecule has 10 aromatic rings. The van der Waals surface area contributed by atoms with Crippen LogP contribution in [0.4, 0.5) is 17.1 Å². The quantitative estimate of drug-likeness (QED) is 0.193. The summed E-state index contributed by atoms with van der Waals surface area (Å²) < 4.78 is 15.0. The third-order valence-corrected chi connectivity index (χ3v) is 9.19. The Bertz CT molecular complexity index is 2780. The largest absolute Gasteiger partial charge is 0.456 e. The molecule has 0 saturated heterocycles. The summed E-state index contributed by atoms with van der Waals surface area (Å²) in [6.45, 7) is 0. The van der Waals surface area contributed by atoms with Crippen molar-refractivity contribution >= 4 is 71.9 Å². The van der Waals surface area contributed by atoms with Crippen LogP contribution in [0.25, 0.3) is 72.0 Å². The van der Waals surface area contributed by atoms with Gasteiger partial charge in [0.2, 0.25) is 5.89 Å². The van der Waals surface area contributed by atoms with E-state index in [0.717, 1.165) is 61.4 Å². The molecule has 0 aliphatic rings. The average molecular weight is 618 g/mol. The van der Waals surface area contributed by atoms with Crippen molar-refractivity contribution in [3.05, 3.63) is 164 Å². The zero-order valence-corrected chi connectivity index (χ0v) is 25.7. The van der Waals surface area contributed by atoms with Crippen LogP contribution in [0.15, 0.2) is 173 Å². The average Bonchev–Trinajstić information content (AvgIpc) is 3.83. The molecule has 48 heavy (non-hydrogen) atoms. The fraction of sp³-hybridized carbons (Fsp3) is 0. The second-order valence-electron chi connectivity index (χ2n) is 12.0. The summed E-state index contributed by atoms with van der Waals surface area (Å²) in [5.41, 5.74) is 10.7. The van der Waals surface area contributed by atoms with E-state index in [1.54, 1.807) is 0 Å². The summed E-state index contributed by atoms with van der Waals surface area (Å²) in [5, 5.41) is 4.42. The minimum atomic E-state index is 0.600. The second kappa shape index (κ2) is 10.5. The zero-order valence-electron chi connectivity index (χ0n) is 25.7. The standard InChI is InChI=1S/C43H27N3O2/c1-4-12-28(13-5-1)43-44-37-27-41-36(26-42(37)48-43)35-25-32(21-23-40(35)47-41)45(29-14-6-2-7-15-29)31-20-22-39-34(24-31)33-18-10-11-19-38(33)46(39)30-16-8-3-9-17-30/h1-27H. The van der Waals surface area contributed by atoms with E-state index in [4.69, 9.17) is 13.8 Å². The number of hydrogen-bond donors (Lipinski definition) is 0. The van der Waals surface area contributed by atoms with E-state index >= 15 is 0 Å². The van der Waals surface area contributed by atoms with Crippen molar-refractivity contribution in [1.29, 1.82) is 0 Å². The molecule has 0 saturated carbocycles. The van der Waals surface area contributed by atoms with Crippen LogP contribution >= 0.6 is 0 Å². The molecule has 0 atom stereocenters. The number of aromatic nitrogens is 2. The Balaban J connectivity index is 1.16. The van der Waals surface area contributed by atoms with Gasteiger partial charge in [0.1, 0.15) is 16.7 Å². The van der Waals surface area contributed by atoms with E-state index in [-0.39, 0.29) is 0 Å². The number of hydrogen-bond acceptors (Lipinski definition) is 4. The van der Waals surface area contributed by atoms with E-state index in [1.807, 2.05) is 36.4 Å². The molecule has 0 amide bonds. The molecule has 0 bridgehead atoms. The summed E-state index contributed by atoms with van der Waals surface area (Å²) in [6, 6.07) is 56.9. The van der Waals surface area contributed by atoms with Gasteiger partial charge in [0.15, 0.2) is 5.58 Å². The molecule has 0 N–H and O–H groups in total. The Morgan fingerprint density at radius 3 is 1.90 bits per heavy atom. The highest BCUT2D eigenvalue weighted by Crippen LogP contribution is 2.42. The molecule has 0 aliphatic heterocycles. The van der Waals surface area contributed by atoms with Crippen LogP contribution in [-0.4, -0.2) is 9.55 Å². The van der Waals surface area contributed by atoms with Gasteiger partial charge in [0, 0.05) is 55.9 Å². The molecule has 0 unspecified atom stereocenters. The molecule has 3 heterocycles. The number of para-hydroxylation sites is 3. The van der Waals surface area contributed by atoms with E-state index in [0.29, 0.717) is 5.89 Å². The molecule has 5 heteroatoms. The second-order valence-corrected chi connectivity index (χ2v) is 12.0. The van der Waals surface area contributed by atoms with Crippen LogP contribution in [-0.2, 0) is 0 Å². The van der Waals surface area contributed by atoms with Crippen LogP contribution in [0.3, 0.4) is 0 Å². The van der Waals surface area contributed by atoms with Crippen molar-refractivity contribution in [2.45, 2.75) is 0 Å². The van der Waals surface area contributed by atoms with E-state index in [2.05, 4.69) is 137 Å². The van der Waals surface area contributed by atoms with Gasteiger partial charge in [-0.1, -0.05) is 72.8 Å². The monoisotopic (exact) mass is 617 g/mol. The number of oxazole rings is 1. The Labute approximate surface area is 275 Å². The van der Waals surface area contributed by atoms with Gasteiger partial charge in [-0.25, -0.2) is 4.98 Å². The zero-order chi connectivity index (χ0) is 31.6. The molecule has 0 fully saturated rings. The van der Waals surface area contributed by atoms with Gasteiger partial charge in [-0.3, -0.25) is 0 Å². The maximum absolute atomic E-state index is 6.37. The van der Waals surface area contributed by atoms with Crippen LogP contribution in [0.2, 0.25) is 0 Å². The van der Waals surface area contributed by atoms with Crippen LogP contribution < -0.4 is 4.90 Å². The molecule has 0 spiro atoms. The van der Waals surface area contributed by atoms with E-state index < -0.39 is 0 Å². The van der Waals surface area contributed by atoms with Crippen molar-refractivity contribution in [2.75, 3.05) is 4.90 Å². The molecule has 226 valence electrons. The first-order valence-corrected chi connectivity index (χ1v) is 16.0. The summed E-state index contributed by atoms with van der Waals surface area (Å²) in [6.07, 6.45) is 0. The van der Waals surface area contributed by atoms with Crippen LogP contribution in [0, 0.1) is 0 Å². The van der Waals surface area contributed by atoms with Crippen molar-refractivity contribution in [2.24, 2.45) is 0 Å². The summed E-state index contributed by atoms with van der Waals surface area (Å²) >= 11 is 0. The van der Waals surface area contributed by atoms with Gasteiger partial charge in [-0.15, -0.1) is 0 Å². The molecule has 7 aromatic carbocycles. The minimum Gasteiger partial charge on any atom is -0.456 e. The van der Waals surface area contributed by atoms with Crippen LogP contribution in [0.1, 0.15) is 0 Å². The number of furan rings is 1.